The lowest BCUT2D eigenvalue weighted by Crippen LogP contribution is -2.45. The van der Waals surface area contributed by atoms with Crippen LogP contribution in [0.15, 0.2) is 0 Å². The van der Waals surface area contributed by atoms with E-state index in [9.17, 15) is 9.90 Å². The molecule has 5 heteroatoms. The molecule has 0 aliphatic carbocycles. The quantitative estimate of drug-likeness (QED) is 0.615. The van der Waals surface area contributed by atoms with Gasteiger partial charge in [0.25, 0.3) is 0 Å². The molecule has 1 saturated heterocycles. The number of rotatable bonds is 5. The maximum absolute atomic E-state index is 10.6. The van der Waals surface area contributed by atoms with Gasteiger partial charge in [0.2, 0.25) is 0 Å². The molecule has 1 fully saturated rings. The van der Waals surface area contributed by atoms with Crippen molar-refractivity contribution in [3.8, 4) is 0 Å². The van der Waals surface area contributed by atoms with Crippen molar-refractivity contribution in [3.05, 3.63) is 0 Å². The Labute approximate surface area is 88.1 Å². The second-order valence-corrected chi connectivity index (χ2v) is 5.09. The van der Waals surface area contributed by atoms with Crippen molar-refractivity contribution in [1.29, 1.82) is 0 Å². The minimum absolute atomic E-state index is 0.115. The average molecular weight is 219 g/mol. The van der Waals surface area contributed by atoms with Gasteiger partial charge in [-0.2, -0.15) is 11.8 Å². The molecule has 2 atom stereocenters. The molecule has 3 N–H and O–H groups in total. The van der Waals surface area contributed by atoms with Gasteiger partial charge < -0.3 is 15.5 Å². The van der Waals surface area contributed by atoms with E-state index in [0.29, 0.717) is 5.92 Å². The lowest BCUT2D eigenvalue weighted by molar-refractivity contribution is -0.156. The molecular formula is C9H17NO3S. The molecule has 1 aliphatic heterocycles. The van der Waals surface area contributed by atoms with Crippen LogP contribution in [0.25, 0.3) is 0 Å². The fraction of sp³-hybridized carbons (Fsp3) is 0.889. The van der Waals surface area contributed by atoms with E-state index in [1.54, 1.807) is 0 Å². The Bertz CT molecular complexity index is 202. The van der Waals surface area contributed by atoms with E-state index in [1.807, 2.05) is 11.8 Å². The third-order valence-electron chi connectivity index (χ3n) is 2.39. The first kappa shape index (κ1) is 11.8. The van der Waals surface area contributed by atoms with Gasteiger partial charge in [-0.15, -0.1) is 0 Å². The fourth-order valence-corrected chi connectivity index (χ4v) is 2.62. The van der Waals surface area contributed by atoms with Crippen LogP contribution < -0.4 is 5.32 Å². The molecule has 0 amide bonds. The molecular weight excluding hydrogens is 202 g/mol. The SMILES string of the molecule is CC(O)(CNCC1CCSC1)C(=O)O. The summed E-state index contributed by atoms with van der Waals surface area (Å²) in [4.78, 5) is 10.6. The summed E-state index contributed by atoms with van der Waals surface area (Å²) >= 11 is 1.93. The summed E-state index contributed by atoms with van der Waals surface area (Å²) in [5.74, 6) is 1.79. The molecule has 0 aromatic heterocycles. The van der Waals surface area contributed by atoms with E-state index in [4.69, 9.17) is 5.11 Å². The zero-order valence-corrected chi connectivity index (χ0v) is 9.14. The van der Waals surface area contributed by atoms with Crippen LogP contribution in [0.5, 0.6) is 0 Å². The topological polar surface area (TPSA) is 69.6 Å². The monoisotopic (exact) mass is 219 g/mol. The molecule has 0 spiro atoms. The van der Waals surface area contributed by atoms with Crippen LogP contribution in [0.2, 0.25) is 0 Å². The maximum atomic E-state index is 10.6. The van der Waals surface area contributed by atoms with Gasteiger partial charge in [0.1, 0.15) is 0 Å². The van der Waals surface area contributed by atoms with Crippen molar-refractivity contribution in [2.24, 2.45) is 5.92 Å². The first-order valence-electron chi connectivity index (χ1n) is 4.76. The van der Waals surface area contributed by atoms with Crippen molar-refractivity contribution in [2.45, 2.75) is 18.9 Å². The summed E-state index contributed by atoms with van der Waals surface area (Å²) in [7, 11) is 0. The molecule has 4 nitrogen and oxygen atoms in total. The highest BCUT2D eigenvalue weighted by Crippen LogP contribution is 2.22. The van der Waals surface area contributed by atoms with Crippen LogP contribution in [0.3, 0.4) is 0 Å². The van der Waals surface area contributed by atoms with Crippen LogP contribution in [-0.2, 0) is 4.79 Å². The number of carboxylic acids is 1. The van der Waals surface area contributed by atoms with Crippen molar-refractivity contribution in [3.63, 3.8) is 0 Å². The Kier molecular flexibility index (Phi) is 4.22. The maximum Gasteiger partial charge on any atom is 0.336 e. The summed E-state index contributed by atoms with van der Waals surface area (Å²) in [6, 6.07) is 0. The molecule has 0 saturated carbocycles. The Balaban J connectivity index is 2.16. The van der Waals surface area contributed by atoms with Gasteiger partial charge in [0.05, 0.1) is 0 Å². The van der Waals surface area contributed by atoms with Crippen molar-refractivity contribution >= 4 is 17.7 Å². The summed E-state index contributed by atoms with van der Waals surface area (Å²) in [6.45, 7) is 2.23. The molecule has 82 valence electrons. The number of carboxylic acid groups (broad SMARTS) is 1. The largest absolute Gasteiger partial charge is 0.479 e. The number of nitrogens with one attached hydrogen (secondary N) is 1. The van der Waals surface area contributed by atoms with E-state index < -0.39 is 11.6 Å². The smallest absolute Gasteiger partial charge is 0.336 e. The summed E-state index contributed by atoms with van der Waals surface area (Å²) in [5, 5.41) is 21.0. The van der Waals surface area contributed by atoms with E-state index >= 15 is 0 Å². The highest BCUT2D eigenvalue weighted by molar-refractivity contribution is 7.99. The van der Waals surface area contributed by atoms with Gasteiger partial charge in [-0.25, -0.2) is 4.79 Å². The number of hydrogen-bond donors (Lipinski definition) is 3. The van der Waals surface area contributed by atoms with Crippen LogP contribution >= 0.6 is 11.8 Å². The molecule has 0 radical (unpaired) electrons. The molecule has 1 aliphatic rings. The standard InChI is InChI=1S/C9H17NO3S/c1-9(13,8(11)12)6-10-4-7-2-3-14-5-7/h7,10,13H,2-6H2,1H3,(H,11,12). The van der Waals surface area contributed by atoms with E-state index in [-0.39, 0.29) is 6.54 Å². The van der Waals surface area contributed by atoms with Crippen LogP contribution in [0.4, 0.5) is 0 Å². The minimum atomic E-state index is -1.65. The highest BCUT2D eigenvalue weighted by atomic mass is 32.2. The van der Waals surface area contributed by atoms with Crippen molar-refractivity contribution in [1.82, 2.24) is 5.32 Å². The summed E-state index contributed by atoms with van der Waals surface area (Å²) in [5.41, 5.74) is -1.65. The molecule has 0 aromatic rings. The van der Waals surface area contributed by atoms with Crippen LogP contribution in [-0.4, -0.2) is 46.4 Å². The lowest BCUT2D eigenvalue weighted by Gasteiger charge is -2.19. The van der Waals surface area contributed by atoms with Gasteiger partial charge in [-0.05, 0) is 37.3 Å². The predicted molar refractivity (Wildman–Crippen MR) is 56.6 cm³/mol. The Morgan fingerprint density at radius 2 is 2.43 bits per heavy atom. The zero-order valence-electron chi connectivity index (χ0n) is 8.32. The summed E-state index contributed by atoms with van der Waals surface area (Å²) in [6.07, 6.45) is 1.19. The van der Waals surface area contributed by atoms with Crippen LogP contribution in [0, 0.1) is 5.92 Å². The fourth-order valence-electron chi connectivity index (χ4n) is 1.34. The number of aliphatic carboxylic acids is 1. The second-order valence-electron chi connectivity index (χ2n) is 3.94. The molecule has 1 rings (SSSR count). The Morgan fingerprint density at radius 1 is 1.71 bits per heavy atom. The first-order valence-corrected chi connectivity index (χ1v) is 5.92. The Hall–Kier alpha value is -0.260. The Morgan fingerprint density at radius 3 is 2.93 bits per heavy atom. The third-order valence-corrected chi connectivity index (χ3v) is 3.62. The number of thioether (sulfide) groups is 1. The minimum Gasteiger partial charge on any atom is -0.479 e. The van der Waals surface area contributed by atoms with Gasteiger partial charge >= 0.3 is 5.97 Å². The zero-order chi connectivity index (χ0) is 10.6. The molecule has 2 unspecified atom stereocenters. The van der Waals surface area contributed by atoms with Gasteiger partial charge in [-0.1, -0.05) is 0 Å². The van der Waals surface area contributed by atoms with E-state index in [2.05, 4.69) is 5.32 Å². The molecule has 14 heavy (non-hydrogen) atoms. The van der Waals surface area contributed by atoms with Crippen molar-refractivity contribution in [2.75, 3.05) is 24.6 Å². The normalized spacial score (nSPS) is 26.0. The van der Waals surface area contributed by atoms with E-state index in [1.165, 1.54) is 19.1 Å². The van der Waals surface area contributed by atoms with Gasteiger partial charge in [0, 0.05) is 6.54 Å². The van der Waals surface area contributed by atoms with E-state index in [0.717, 1.165) is 12.3 Å². The third kappa shape index (κ3) is 3.48. The highest BCUT2D eigenvalue weighted by Gasteiger charge is 2.29. The molecule has 0 bridgehead atoms. The number of aliphatic hydroxyl groups is 1. The van der Waals surface area contributed by atoms with Gasteiger partial charge in [0.15, 0.2) is 5.60 Å². The number of hydrogen-bond acceptors (Lipinski definition) is 4. The predicted octanol–water partition coefficient (Wildman–Crippen LogP) is 0.165. The first-order chi connectivity index (χ1) is 6.52. The molecule has 0 aromatic carbocycles. The van der Waals surface area contributed by atoms with Crippen molar-refractivity contribution < 1.29 is 15.0 Å². The summed E-state index contributed by atoms with van der Waals surface area (Å²) < 4.78 is 0. The van der Waals surface area contributed by atoms with Crippen LogP contribution in [0.1, 0.15) is 13.3 Å². The van der Waals surface area contributed by atoms with Gasteiger partial charge in [-0.3, -0.25) is 0 Å². The average Bonchev–Trinajstić information content (AvgIpc) is 2.56. The number of carbonyl (C=O) groups is 1. The lowest BCUT2D eigenvalue weighted by atomic mass is 10.1. The second kappa shape index (κ2) is 5.00. The molecule has 1 heterocycles.